The van der Waals surface area contributed by atoms with Gasteiger partial charge in [-0.3, -0.25) is 9.32 Å². The van der Waals surface area contributed by atoms with Gasteiger partial charge in [0.25, 0.3) is 0 Å². The van der Waals surface area contributed by atoms with Crippen LogP contribution in [0.15, 0.2) is 88.1 Å². The lowest BCUT2D eigenvalue weighted by Crippen LogP contribution is -2.38. The average molecular weight is 786 g/mol. The van der Waals surface area contributed by atoms with Gasteiger partial charge in [0.1, 0.15) is 28.4 Å². The van der Waals surface area contributed by atoms with E-state index in [1.54, 1.807) is 78.9 Å². The minimum absolute atomic E-state index is 0.230. The Kier molecular flexibility index (Phi) is 11.7. The van der Waals surface area contributed by atoms with E-state index in [0.29, 0.717) is 60.7 Å². The zero-order chi connectivity index (χ0) is 40.1. The number of methoxy groups -OCH3 is 9. The van der Waals surface area contributed by atoms with Crippen LogP contribution in [-0.2, 0) is 15.7 Å². The molecule has 13 nitrogen and oxygen atoms in total. The van der Waals surface area contributed by atoms with Crippen LogP contribution >= 0.6 is 7.49 Å². The molecule has 0 N–H and O–H groups in total. The smallest absolute Gasteiger partial charge is 0.356 e. The third-order valence-electron chi connectivity index (χ3n) is 9.24. The van der Waals surface area contributed by atoms with Gasteiger partial charge >= 0.3 is 13.5 Å². The first-order valence-corrected chi connectivity index (χ1v) is 18.8. The Morgan fingerprint density at radius 3 is 1.29 bits per heavy atom. The van der Waals surface area contributed by atoms with Crippen molar-refractivity contribution in [2.75, 3.05) is 64.0 Å². The van der Waals surface area contributed by atoms with Crippen molar-refractivity contribution in [3.05, 3.63) is 94.6 Å². The molecule has 6 aromatic rings. The summed E-state index contributed by atoms with van der Waals surface area (Å²) < 4.78 is 66.4. The molecule has 0 amide bonds. The first kappa shape index (κ1) is 39.4. The van der Waals surface area contributed by atoms with Crippen LogP contribution in [0.4, 0.5) is 0 Å². The van der Waals surface area contributed by atoms with Crippen molar-refractivity contribution in [2.24, 2.45) is 0 Å². The van der Waals surface area contributed by atoms with Crippen molar-refractivity contribution in [1.82, 2.24) is 0 Å². The summed E-state index contributed by atoms with van der Waals surface area (Å²) in [5.74, 6) is 1.90. The van der Waals surface area contributed by atoms with Gasteiger partial charge < -0.3 is 47.0 Å². The molecule has 1 aromatic heterocycles. The van der Waals surface area contributed by atoms with Gasteiger partial charge in [0, 0.05) is 36.4 Å². The van der Waals surface area contributed by atoms with Gasteiger partial charge in [0.05, 0.1) is 81.2 Å². The summed E-state index contributed by atoms with van der Waals surface area (Å²) in [6.45, 7) is 0. The molecule has 0 fully saturated rings. The summed E-state index contributed by atoms with van der Waals surface area (Å²) in [5.41, 5.74) is 1.09. The summed E-state index contributed by atoms with van der Waals surface area (Å²) in [6.07, 6.45) is -0.285. The number of carbonyl (C=O) groups is 1. The molecule has 0 aliphatic heterocycles. The Bertz CT molecular complexity index is 2250. The van der Waals surface area contributed by atoms with E-state index in [2.05, 4.69) is 0 Å². The van der Waals surface area contributed by atoms with E-state index in [0.717, 1.165) is 0 Å². The average Bonchev–Trinajstić information content (AvgIpc) is 3.24. The largest absolute Gasteiger partial charge is 0.496 e. The highest BCUT2D eigenvalue weighted by molar-refractivity contribution is 7.93. The molecule has 5 aromatic carbocycles. The molecule has 0 saturated carbocycles. The fraction of sp³-hybridized carbons (Fsp3) is 0.238. The highest BCUT2D eigenvalue weighted by atomic mass is 31.2. The predicted molar refractivity (Wildman–Crippen MR) is 214 cm³/mol. The Hall–Kier alpha value is -6.33. The van der Waals surface area contributed by atoms with E-state index in [9.17, 15) is 9.59 Å². The van der Waals surface area contributed by atoms with E-state index in [1.807, 2.05) is 0 Å². The lowest BCUT2D eigenvalue weighted by molar-refractivity contribution is -0.132. The number of carbonyl (C=O) groups excluding carboxylic acids is 1. The van der Waals surface area contributed by atoms with Crippen molar-refractivity contribution in [3.8, 4) is 51.7 Å². The molecule has 6 rings (SSSR count). The zero-order valence-electron chi connectivity index (χ0n) is 32.5. The van der Waals surface area contributed by atoms with Gasteiger partial charge in [-0.05, 0) is 29.8 Å². The normalized spacial score (nSPS) is 11.2. The number of hydrogen-bond donors (Lipinski definition) is 0. The molecule has 56 heavy (non-hydrogen) atoms. The second-order valence-corrected chi connectivity index (χ2v) is 14.9. The number of ether oxygens (including phenoxy) is 9. The minimum atomic E-state index is -4.10. The van der Waals surface area contributed by atoms with Crippen LogP contribution in [0.1, 0.15) is 5.56 Å². The summed E-state index contributed by atoms with van der Waals surface area (Å²) in [5, 5.41) is 1.62. The van der Waals surface area contributed by atoms with E-state index in [-0.39, 0.29) is 46.3 Å². The maximum atomic E-state index is 14.9. The van der Waals surface area contributed by atoms with Crippen molar-refractivity contribution < 1.29 is 56.4 Å². The van der Waals surface area contributed by atoms with E-state index in [1.165, 1.54) is 64.0 Å². The predicted octanol–water partition coefficient (Wildman–Crippen LogP) is 6.02. The number of hydrogen-bond acceptors (Lipinski definition) is 13. The van der Waals surface area contributed by atoms with Crippen molar-refractivity contribution in [1.29, 1.82) is 0 Å². The maximum absolute atomic E-state index is 14.9. The van der Waals surface area contributed by atoms with Crippen molar-refractivity contribution in [3.63, 3.8) is 0 Å². The molecule has 0 radical (unpaired) electrons. The van der Waals surface area contributed by atoms with Crippen molar-refractivity contribution in [2.45, 2.75) is 6.42 Å². The standard InChI is InChI=1S/C42H42O13P/c1-45-25-18-32(48-4)40(33(19-25)49-5)56(41-34(50-6)20-26(46-2)21-35(41)51-7,42-36(52-8)22-27(47-3)23-37(42)53-9)55-38(43)17-24-14-15-31-29(16-24)39(44)28-12-10-11-13-30(28)54-31/h10-16,18-23H,17H2,1-9H3/q+1. The Balaban J connectivity index is 1.73. The van der Waals surface area contributed by atoms with Crippen LogP contribution in [0, 0.1) is 0 Å². The molecule has 0 spiro atoms. The highest BCUT2D eigenvalue weighted by Gasteiger charge is 2.63. The van der Waals surface area contributed by atoms with Crippen LogP contribution in [-0.4, -0.2) is 70.0 Å². The van der Waals surface area contributed by atoms with Crippen molar-refractivity contribution >= 4 is 51.3 Å². The minimum Gasteiger partial charge on any atom is -0.496 e. The van der Waals surface area contributed by atoms with Gasteiger partial charge in [-0.2, -0.15) is 0 Å². The zero-order valence-corrected chi connectivity index (χ0v) is 33.4. The molecule has 0 atom stereocenters. The maximum Gasteiger partial charge on any atom is 0.356 e. The molecule has 1 heterocycles. The Morgan fingerprint density at radius 1 is 0.500 bits per heavy atom. The lowest BCUT2D eigenvalue weighted by Gasteiger charge is -2.31. The fourth-order valence-corrected chi connectivity index (χ4v) is 10.8. The third kappa shape index (κ3) is 6.90. The molecule has 292 valence electrons. The van der Waals surface area contributed by atoms with Crippen LogP contribution in [0.25, 0.3) is 21.9 Å². The van der Waals surface area contributed by atoms with Crippen LogP contribution in [0.3, 0.4) is 0 Å². The molecule has 14 heteroatoms. The number of benzene rings is 5. The molecular formula is C42H42O13P+. The third-order valence-corrected chi connectivity index (χ3v) is 12.9. The molecule has 0 bridgehead atoms. The monoisotopic (exact) mass is 785 g/mol. The number of rotatable bonds is 15. The molecule has 0 aliphatic carbocycles. The van der Waals surface area contributed by atoms with Crippen LogP contribution in [0.2, 0.25) is 0 Å². The first-order valence-electron chi connectivity index (χ1n) is 17.1. The van der Waals surface area contributed by atoms with Crippen LogP contribution < -0.4 is 64.0 Å². The van der Waals surface area contributed by atoms with E-state index in [4.69, 9.17) is 51.6 Å². The molecule has 0 aliphatic rings. The first-order chi connectivity index (χ1) is 27.1. The quantitative estimate of drug-likeness (QED) is 0.0887. The second-order valence-electron chi connectivity index (χ2n) is 12.1. The van der Waals surface area contributed by atoms with Gasteiger partial charge in [-0.1, -0.05) is 18.2 Å². The van der Waals surface area contributed by atoms with Gasteiger partial charge in [0.2, 0.25) is 21.3 Å². The van der Waals surface area contributed by atoms with Gasteiger partial charge in [-0.15, -0.1) is 0 Å². The van der Waals surface area contributed by atoms with Gasteiger partial charge in [-0.25, -0.2) is 4.79 Å². The highest BCUT2D eigenvalue weighted by Crippen LogP contribution is 2.67. The van der Waals surface area contributed by atoms with E-state index >= 15 is 0 Å². The van der Waals surface area contributed by atoms with Crippen LogP contribution in [0.5, 0.6) is 51.7 Å². The number of para-hydroxylation sites is 1. The van der Waals surface area contributed by atoms with E-state index < -0.39 is 13.5 Å². The fourth-order valence-electron chi connectivity index (χ4n) is 6.68. The Labute approximate surface area is 323 Å². The van der Waals surface area contributed by atoms with Gasteiger partial charge in [0.15, 0.2) is 34.5 Å². The summed E-state index contributed by atoms with van der Waals surface area (Å²) in [4.78, 5) is 28.5. The SMILES string of the molecule is COc1cc(OC)c([P+](OC(=O)Cc2ccc3oc4ccccc4c(=O)c3c2)(c2c(OC)cc(OC)cc2OC)c2c(OC)cc(OC)cc2OC)c(OC)c1. The molecule has 0 unspecified atom stereocenters. The Morgan fingerprint density at radius 2 is 0.893 bits per heavy atom. The summed E-state index contributed by atoms with van der Waals surface area (Å²) >= 11 is 0. The topological polar surface area (TPSA) is 140 Å². The molecular weight excluding hydrogens is 743 g/mol. The lowest BCUT2D eigenvalue weighted by atomic mass is 10.1. The second kappa shape index (κ2) is 16.6. The number of fused-ring (bicyclic) bond motifs is 2. The summed E-state index contributed by atoms with van der Waals surface area (Å²) in [6, 6.07) is 21.9. The summed E-state index contributed by atoms with van der Waals surface area (Å²) in [7, 11) is 9.28. The molecule has 0 saturated heterocycles.